The summed E-state index contributed by atoms with van der Waals surface area (Å²) in [7, 11) is 0. The zero-order chi connectivity index (χ0) is 11.4. The van der Waals surface area contributed by atoms with Crippen LogP contribution < -0.4 is 5.32 Å². The summed E-state index contributed by atoms with van der Waals surface area (Å²) in [6.07, 6.45) is 5.46. The second kappa shape index (κ2) is 5.27. The van der Waals surface area contributed by atoms with E-state index in [9.17, 15) is 4.79 Å². The second-order valence-electron chi connectivity index (χ2n) is 3.67. The third-order valence-electron chi connectivity index (χ3n) is 2.23. The lowest BCUT2D eigenvalue weighted by Crippen LogP contribution is -2.40. The summed E-state index contributed by atoms with van der Waals surface area (Å²) < 4.78 is 0. The summed E-state index contributed by atoms with van der Waals surface area (Å²) in [5.41, 5.74) is 0. The molecule has 1 aliphatic carbocycles. The van der Waals surface area contributed by atoms with Gasteiger partial charge in [-0.2, -0.15) is 0 Å². The van der Waals surface area contributed by atoms with E-state index in [0.717, 1.165) is 12.8 Å². The zero-order valence-electron chi connectivity index (χ0n) is 8.67. The molecule has 0 aromatic carbocycles. The minimum Gasteiger partial charge on any atom is -0.480 e. The van der Waals surface area contributed by atoms with E-state index in [1.54, 1.807) is 18.5 Å². The topological polar surface area (TPSA) is 75.1 Å². The van der Waals surface area contributed by atoms with Crippen molar-refractivity contribution in [2.24, 2.45) is 0 Å². The van der Waals surface area contributed by atoms with Crippen LogP contribution in [0.2, 0.25) is 0 Å². The molecule has 2 rings (SSSR count). The number of rotatable bonds is 6. The molecule has 16 heavy (non-hydrogen) atoms. The second-order valence-corrected chi connectivity index (χ2v) is 4.66. The van der Waals surface area contributed by atoms with E-state index in [1.807, 2.05) is 0 Å². The number of thioether (sulfide) groups is 1. The molecule has 2 N–H and O–H groups in total. The minimum atomic E-state index is -0.810. The Morgan fingerprint density at radius 3 is 2.81 bits per heavy atom. The summed E-state index contributed by atoms with van der Waals surface area (Å²) in [6.45, 7) is 0. The fourth-order valence-electron chi connectivity index (χ4n) is 1.24. The van der Waals surface area contributed by atoms with Crippen LogP contribution in [0.15, 0.2) is 23.6 Å². The number of hydrogen-bond donors (Lipinski definition) is 2. The Hall–Kier alpha value is -1.14. The van der Waals surface area contributed by atoms with Crippen LogP contribution in [0.3, 0.4) is 0 Å². The standard InChI is InChI=1S/C10H13N3O2S/c14-9(15)8(13-7-2-3-7)6-16-10-11-4-1-5-12-10/h1,4-5,7-8,13H,2-3,6H2,(H,14,15). The fourth-order valence-corrected chi connectivity index (χ4v) is 2.07. The third kappa shape index (κ3) is 3.46. The molecule has 5 nitrogen and oxygen atoms in total. The fraction of sp³-hybridized carbons (Fsp3) is 0.500. The summed E-state index contributed by atoms with van der Waals surface area (Å²) in [6, 6.07) is 1.61. The van der Waals surface area contributed by atoms with E-state index >= 15 is 0 Å². The largest absolute Gasteiger partial charge is 0.480 e. The van der Waals surface area contributed by atoms with Crippen LogP contribution in [-0.2, 0) is 4.79 Å². The van der Waals surface area contributed by atoms with Gasteiger partial charge < -0.3 is 10.4 Å². The van der Waals surface area contributed by atoms with Crippen LogP contribution in [-0.4, -0.2) is 38.9 Å². The van der Waals surface area contributed by atoms with Crippen molar-refractivity contribution in [3.63, 3.8) is 0 Å². The molecule has 0 radical (unpaired) electrons. The van der Waals surface area contributed by atoms with Gasteiger partial charge in [-0.3, -0.25) is 4.79 Å². The van der Waals surface area contributed by atoms with Crippen LogP contribution in [0.5, 0.6) is 0 Å². The van der Waals surface area contributed by atoms with Crippen LogP contribution >= 0.6 is 11.8 Å². The smallest absolute Gasteiger partial charge is 0.321 e. The number of aromatic nitrogens is 2. The van der Waals surface area contributed by atoms with Gasteiger partial charge in [-0.15, -0.1) is 0 Å². The number of aliphatic carboxylic acids is 1. The minimum absolute atomic E-state index is 0.387. The number of nitrogens with one attached hydrogen (secondary N) is 1. The Kier molecular flexibility index (Phi) is 3.74. The molecular formula is C10H13N3O2S. The highest BCUT2D eigenvalue weighted by Crippen LogP contribution is 2.21. The maximum Gasteiger partial charge on any atom is 0.321 e. The van der Waals surface area contributed by atoms with Gasteiger partial charge in [-0.25, -0.2) is 9.97 Å². The molecule has 1 fully saturated rings. The highest BCUT2D eigenvalue weighted by Gasteiger charge is 2.28. The number of carboxylic acids is 1. The molecule has 0 amide bonds. The Morgan fingerprint density at radius 1 is 1.56 bits per heavy atom. The molecule has 1 atom stereocenters. The number of carbonyl (C=O) groups is 1. The number of carboxylic acid groups (broad SMARTS) is 1. The first kappa shape index (κ1) is 11.3. The first-order valence-electron chi connectivity index (χ1n) is 5.14. The normalized spacial score (nSPS) is 17.0. The molecule has 6 heteroatoms. The number of hydrogen-bond acceptors (Lipinski definition) is 5. The average molecular weight is 239 g/mol. The summed E-state index contributed by atoms with van der Waals surface area (Å²) in [4.78, 5) is 19.0. The van der Waals surface area contributed by atoms with Crippen molar-refractivity contribution in [1.29, 1.82) is 0 Å². The molecule has 0 spiro atoms. The Morgan fingerprint density at radius 2 is 2.25 bits per heavy atom. The van der Waals surface area contributed by atoms with Gasteiger partial charge in [0.15, 0.2) is 5.16 Å². The van der Waals surface area contributed by atoms with Gasteiger partial charge in [-0.05, 0) is 18.9 Å². The maximum atomic E-state index is 11.0. The molecule has 1 unspecified atom stereocenters. The third-order valence-corrected chi connectivity index (χ3v) is 3.20. The van der Waals surface area contributed by atoms with Gasteiger partial charge >= 0.3 is 5.97 Å². The molecule has 0 bridgehead atoms. The average Bonchev–Trinajstić information content (AvgIpc) is 3.09. The van der Waals surface area contributed by atoms with Gasteiger partial charge in [0, 0.05) is 24.2 Å². The molecule has 86 valence electrons. The predicted octanol–water partition coefficient (Wildman–Crippen LogP) is 0.774. The van der Waals surface area contributed by atoms with Crippen molar-refractivity contribution in [3.05, 3.63) is 18.5 Å². The van der Waals surface area contributed by atoms with E-state index in [-0.39, 0.29) is 0 Å². The Labute approximate surface area is 97.7 Å². The van der Waals surface area contributed by atoms with Crippen molar-refractivity contribution in [3.8, 4) is 0 Å². The molecule has 1 saturated carbocycles. The van der Waals surface area contributed by atoms with Gasteiger partial charge in [-0.1, -0.05) is 11.8 Å². The zero-order valence-corrected chi connectivity index (χ0v) is 9.48. The lowest BCUT2D eigenvalue weighted by atomic mass is 10.3. The van der Waals surface area contributed by atoms with Crippen molar-refractivity contribution < 1.29 is 9.90 Å². The lowest BCUT2D eigenvalue weighted by molar-refractivity contribution is -0.138. The van der Waals surface area contributed by atoms with Gasteiger partial charge in [0.1, 0.15) is 6.04 Å². The molecule has 1 aromatic rings. The predicted molar refractivity (Wildman–Crippen MR) is 60.3 cm³/mol. The highest BCUT2D eigenvalue weighted by molar-refractivity contribution is 7.99. The monoisotopic (exact) mass is 239 g/mol. The summed E-state index contributed by atoms with van der Waals surface area (Å²) in [5, 5.41) is 12.7. The first-order chi connectivity index (χ1) is 7.75. The SMILES string of the molecule is O=C(O)C(CSc1ncccn1)NC1CC1. The number of nitrogens with zero attached hydrogens (tertiary/aromatic N) is 2. The van der Waals surface area contributed by atoms with Crippen molar-refractivity contribution >= 4 is 17.7 Å². The van der Waals surface area contributed by atoms with Crippen LogP contribution in [0, 0.1) is 0 Å². The highest BCUT2D eigenvalue weighted by atomic mass is 32.2. The van der Waals surface area contributed by atoms with E-state index in [2.05, 4.69) is 15.3 Å². The van der Waals surface area contributed by atoms with Gasteiger partial charge in [0.05, 0.1) is 0 Å². The first-order valence-corrected chi connectivity index (χ1v) is 6.13. The van der Waals surface area contributed by atoms with Crippen molar-refractivity contribution in [1.82, 2.24) is 15.3 Å². The van der Waals surface area contributed by atoms with Crippen LogP contribution in [0.1, 0.15) is 12.8 Å². The van der Waals surface area contributed by atoms with Gasteiger partial charge in [0.25, 0.3) is 0 Å². The van der Waals surface area contributed by atoms with Crippen molar-refractivity contribution in [2.45, 2.75) is 30.1 Å². The summed E-state index contributed by atoms with van der Waals surface area (Å²) in [5.74, 6) is -0.356. The van der Waals surface area contributed by atoms with Crippen molar-refractivity contribution in [2.75, 3.05) is 5.75 Å². The molecule has 0 aliphatic heterocycles. The Bertz CT molecular complexity index is 356. The molecule has 1 aromatic heterocycles. The quantitative estimate of drug-likeness (QED) is 0.564. The molecule has 1 heterocycles. The van der Waals surface area contributed by atoms with E-state index in [4.69, 9.17) is 5.11 Å². The molecule has 0 saturated heterocycles. The van der Waals surface area contributed by atoms with Gasteiger partial charge in [0.2, 0.25) is 0 Å². The summed E-state index contributed by atoms with van der Waals surface area (Å²) >= 11 is 1.36. The maximum absolute atomic E-state index is 11.0. The lowest BCUT2D eigenvalue weighted by Gasteiger charge is -2.12. The van der Waals surface area contributed by atoms with E-state index in [0.29, 0.717) is 17.0 Å². The van der Waals surface area contributed by atoms with Crippen LogP contribution in [0.25, 0.3) is 0 Å². The Balaban J connectivity index is 1.83. The molecule has 1 aliphatic rings. The molecular weight excluding hydrogens is 226 g/mol. The van der Waals surface area contributed by atoms with E-state index < -0.39 is 12.0 Å². The van der Waals surface area contributed by atoms with Crippen LogP contribution in [0.4, 0.5) is 0 Å². The van der Waals surface area contributed by atoms with E-state index in [1.165, 1.54) is 11.8 Å².